The maximum atomic E-state index is 12.0. The van der Waals surface area contributed by atoms with Gasteiger partial charge in [0.15, 0.2) is 0 Å². The topological polar surface area (TPSA) is 41.1 Å². The molecule has 43 heavy (non-hydrogen) atoms. The minimum absolute atomic E-state index is 0.113. The lowest BCUT2D eigenvalue weighted by atomic mass is 9.81. The van der Waals surface area contributed by atoms with Crippen molar-refractivity contribution in [1.29, 1.82) is 0 Å². The van der Waals surface area contributed by atoms with Gasteiger partial charge in [-0.1, -0.05) is 89.3 Å². The highest BCUT2D eigenvalue weighted by molar-refractivity contribution is 5.94. The van der Waals surface area contributed by atoms with Crippen LogP contribution in [-0.2, 0) is 11.2 Å². The first-order valence-electron chi connectivity index (χ1n) is 17.3. The van der Waals surface area contributed by atoms with E-state index in [0.29, 0.717) is 12.3 Å². The Bertz CT molecular complexity index is 1350. The molecule has 0 radical (unpaired) electrons. The maximum absolute atomic E-state index is 12.0. The summed E-state index contributed by atoms with van der Waals surface area (Å²) in [4.78, 5) is 12.0. The van der Waals surface area contributed by atoms with Crippen LogP contribution >= 0.6 is 0 Å². The molecule has 0 spiro atoms. The molecule has 2 N–H and O–H groups in total. The van der Waals surface area contributed by atoms with Crippen LogP contribution in [0, 0.1) is 18.8 Å². The fraction of sp³-hybridized carbons (Fsp3) is 0.525. The molecule has 2 aromatic carbocycles. The summed E-state index contributed by atoms with van der Waals surface area (Å²) in [6.45, 7) is 9.34. The lowest BCUT2D eigenvalue weighted by molar-refractivity contribution is -0.116. The fourth-order valence-corrected chi connectivity index (χ4v) is 6.95. The molecular weight excluding hydrogens is 524 g/mol. The highest BCUT2D eigenvalue weighted by Crippen LogP contribution is 2.34. The average Bonchev–Trinajstić information content (AvgIpc) is 2.98. The van der Waals surface area contributed by atoms with Crippen molar-refractivity contribution in [1.82, 2.24) is 0 Å². The summed E-state index contributed by atoms with van der Waals surface area (Å²) < 4.78 is 0. The third-order valence-corrected chi connectivity index (χ3v) is 10.3. The van der Waals surface area contributed by atoms with Crippen molar-refractivity contribution in [3.8, 4) is 0 Å². The van der Waals surface area contributed by atoms with Gasteiger partial charge in [-0.05, 0) is 128 Å². The number of hydrogen-bond acceptors (Lipinski definition) is 2. The number of carbonyl (C=O) groups is 1. The van der Waals surface area contributed by atoms with Gasteiger partial charge < -0.3 is 10.6 Å². The van der Waals surface area contributed by atoms with Gasteiger partial charge in [-0.2, -0.15) is 0 Å². The highest BCUT2D eigenvalue weighted by atomic mass is 16.1. The van der Waals surface area contributed by atoms with E-state index in [0.717, 1.165) is 55.3 Å². The Morgan fingerprint density at radius 1 is 0.977 bits per heavy atom. The molecule has 3 aliphatic rings. The Morgan fingerprint density at radius 3 is 2.53 bits per heavy atom. The molecule has 2 aromatic rings. The van der Waals surface area contributed by atoms with Crippen LogP contribution in [0.1, 0.15) is 132 Å². The number of hydrogen-bond donors (Lipinski definition) is 2. The van der Waals surface area contributed by atoms with Crippen molar-refractivity contribution in [2.45, 2.75) is 124 Å². The Morgan fingerprint density at radius 2 is 1.79 bits per heavy atom. The average molecular weight is 579 g/mol. The van der Waals surface area contributed by atoms with Crippen molar-refractivity contribution < 1.29 is 4.79 Å². The molecule has 1 aliphatic heterocycles. The molecule has 2 aliphatic carbocycles. The van der Waals surface area contributed by atoms with Gasteiger partial charge in [-0.3, -0.25) is 4.79 Å². The van der Waals surface area contributed by atoms with Crippen molar-refractivity contribution in [2.75, 3.05) is 10.6 Å². The number of amides is 1. The third-order valence-electron chi connectivity index (χ3n) is 10.3. The summed E-state index contributed by atoms with van der Waals surface area (Å²) in [5.41, 5.74) is 11.5. The van der Waals surface area contributed by atoms with Gasteiger partial charge in [0.05, 0.1) is 0 Å². The molecule has 1 heterocycles. The monoisotopic (exact) mass is 578 g/mol. The molecule has 0 saturated heterocycles. The van der Waals surface area contributed by atoms with E-state index in [4.69, 9.17) is 0 Å². The van der Waals surface area contributed by atoms with E-state index in [9.17, 15) is 4.79 Å². The smallest absolute Gasteiger partial charge is 0.224 e. The van der Waals surface area contributed by atoms with E-state index in [1.165, 1.54) is 90.5 Å². The number of fused-ring (bicyclic) bond motifs is 1. The number of carbonyl (C=O) groups excluding carboxylic acids is 1. The molecule has 2 saturated carbocycles. The second-order valence-corrected chi connectivity index (χ2v) is 13.8. The van der Waals surface area contributed by atoms with E-state index < -0.39 is 0 Å². The molecule has 2 unspecified atom stereocenters. The molecule has 3 heteroatoms. The molecule has 2 fully saturated rings. The first kappa shape index (κ1) is 31.4. The first-order valence-corrected chi connectivity index (χ1v) is 17.3. The number of allylic oxidation sites excluding steroid dienone is 4. The second-order valence-electron chi connectivity index (χ2n) is 13.8. The van der Waals surface area contributed by atoms with Crippen molar-refractivity contribution >= 4 is 23.4 Å². The number of anilines is 2. The zero-order valence-electron chi connectivity index (χ0n) is 27.2. The van der Waals surface area contributed by atoms with Crippen LogP contribution < -0.4 is 10.6 Å². The van der Waals surface area contributed by atoms with Gasteiger partial charge in [0.1, 0.15) is 0 Å². The van der Waals surface area contributed by atoms with Gasteiger partial charge in [0.2, 0.25) is 5.91 Å². The summed E-state index contributed by atoms with van der Waals surface area (Å²) in [6.07, 6.45) is 24.2. The minimum Gasteiger partial charge on any atom is -0.356 e. The number of aryl methyl sites for hydroxylation is 2. The van der Waals surface area contributed by atoms with Crippen molar-refractivity contribution in [3.63, 3.8) is 0 Å². The van der Waals surface area contributed by atoms with Crippen LogP contribution in [0.15, 0.2) is 65.4 Å². The molecule has 3 nitrogen and oxygen atoms in total. The van der Waals surface area contributed by atoms with Gasteiger partial charge >= 0.3 is 0 Å². The van der Waals surface area contributed by atoms with E-state index in [2.05, 4.69) is 93.0 Å². The Labute approximate surface area is 261 Å². The van der Waals surface area contributed by atoms with Crippen LogP contribution in [-0.4, -0.2) is 5.91 Å². The zero-order valence-corrected chi connectivity index (χ0v) is 27.2. The number of rotatable bonds is 12. The normalized spacial score (nSPS) is 19.0. The first-order chi connectivity index (χ1) is 20.9. The van der Waals surface area contributed by atoms with E-state index >= 15 is 0 Å². The molecule has 0 bridgehead atoms. The molecule has 2 atom stereocenters. The van der Waals surface area contributed by atoms with Crippen LogP contribution in [0.25, 0.3) is 6.08 Å². The van der Waals surface area contributed by atoms with Crippen LogP contribution in [0.3, 0.4) is 0 Å². The Hall–Kier alpha value is -3.07. The van der Waals surface area contributed by atoms with Gasteiger partial charge in [0, 0.05) is 23.5 Å². The number of nitrogens with one attached hydrogen (secondary N) is 2. The summed E-state index contributed by atoms with van der Waals surface area (Å²) in [5.74, 6) is 2.37. The Kier molecular flexibility index (Phi) is 11.0. The van der Waals surface area contributed by atoms with E-state index in [1.54, 1.807) is 0 Å². The predicted octanol–water partition coefficient (Wildman–Crippen LogP) is 11.3. The minimum atomic E-state index is 0.113. The lowest BCUT2D eigenvalue weighted by Crippen LogP contribution is -2.19. The van der Waals surface area contributed by atoms with Crippen molar-refractivity contribution in [2.24, 2.45) is 11.8 Å². The summed E-state index contributed by atoms with van der Waals surface area (Å²) in [7, 11) is 0. The van der Waals surface area contributed by atoms with Crippen LogP contribution in [0.5, 0.6) is 0 Å². The molecular formula is C40H54N2O. The summed E-state index contributed by atoms with van der Waals surface area (Å²) in [5, 5.41) is 6.81. The van der Waals surface area contributed by atoms with Crippen LogP contribution in [0.4, 0.5) is 11.4 Å². The molecule has 5 rings (SSSR count). The second kappa shape index (κ2) is 15.1. The summed E-state index contributed by atoms with van der Waals surface area (Å²) >= 11 is 0. The number of benzene rings is 2. The van der Waals surface area contributed by atoms with Gasteiger partial charge in [-0.25, -0.2) is 0 Å². The van der Waals surface area contributed by atoms with Crippen molar-refractivity contribution in [3.05, 3.63) is 87.6 Å². The molecule has 230 valence electrons. The van der Waals surface area contributed by atoms with Gasteiger partial charge in [-0.15, -0.1) is 0 Å². The molecule has 0 aromatic heterocycles. The zero-order chi connectivity index (χ0) is 30.2. The van der Waals surface area contributed by atoms with Gasteiger partial charge in [0.25, 0.3) is 0 Å². The summed E-state index contributed by atoms with van der Waals surface area (Å²) in [6, 6.07) is 13.5. The maximum Gasteiger partial charge on any atom is 0.224 e. The van der Waals surface area contributed by atoms with E-state index in [1.807, 2.05) is 0 Å². The predicted molar refractivity (Wildman–Crippen MR) is 184 cm³/mol. The molecule has 1 amide bonds. The quantitative estimate of drug-likeness (QED) is 0.246. The van der Waals surface area contributed by atoms with E-state index in [-0.39, 0.29) is 5.91 Å². The standard InChI is InChI=1S/C40H54N2O/c1-5-29(3)35-18-15-30(4)36(26-35)25-32(16-14-28(2)24-31-10-7-6-8-11-31)17-22-38(33-12-9-13-33)41-37-21-19-34-20-23-40(43)42-39(34)27-37/h15,17-19,21-22,25-29,31,41H,5-14,16,20,23-24H2,1-4H3,(H,42,43)/b22-17+,32-25+. The largest absolute Gasteiger partial charge is 0.356 e. The SMILES string of the molecule is CCC(C)c1ccc(C)c(/C=C(/C=C/C(Nc2ccc3c(c2)NC(=O)CC3)=C2CCC2)CCC(C)CC2CCCCC2)c1. The fourth-order valence-electron chi connectivity index (χ4n) is 6.95. The Balaban J connectivity index is 1.38. The highest BCUT2D eigenvalue weighted by Gasteiger charge is 2.18. The van der Waals surface area contributed by atoms with Crippen LogP contribution in [0.2, 0.25) is 0 Å². The lowest BCUT2D eigenvalue weighted by Gasteiger charge is -2.25. The third kappa shape index (κ3) is 8.74.